The highest BCUT2D eigenvalue weighted by Crippen LogP contribution is 2.36. The molecule has 5 heteroatoms. The number of nitriles is 1. The lowest BCUT2D eigenvalue weighted by molar-refractivity contribution is 0.00578. The van der Waals surface area contributed by atoms with Gasteiger partial charge in [0.25, 0.3) is 0 Å². The Morgan fingerprint density at radius 2 is 1.61 bits per heavy atom. The van der Waals surface area contributed by atoms with Crippen LogP contribution in [0.4, 0.5) is 0 Å². The number of nitrogens with zero attached hydrogens (tertiary/aromatic N) is 1. The molecule has 146 valence electrons. The van der Waals surface area contributed by atoms with Gasteiger partial charge in [-0.3, -0.25) is 0 Å². The molecule has 1 aliphatic heterocycles. The highest BCUT2D eigenvalue weighted by molar-refractivity contribution is 6.62. The monoisotopic (exact) mass is 377 g/mol. The molecule has 0 atom stereocenters. The van der Waals surface area contributed by atoms with Crippen LogP contribution in [0.25, 0.3) is 0 Å². The van der Waals surface area contributed by atoms with Crippen molar-refractivity contribution < 1.29 is 14.0 Å². The van der Waals surface area contributed by atoms with Gasteiger partial charge in [-0.15, -0.1) is 0 Å². The molecule has 1 heterocycles. The summed E-state index contributed by atoms with van der Waals surface area (Å²) in [5, 5.41) is 9.61. The minimum atomic E-state index is -0.558. The van der Waals surface area contributed by atoms with Gasteiger partial charge < -0.3 is 14.0 Å². The van der Waals surface area contributed by atoms with Crippen LogP contribution in [0.3, 0.4) is 0 Å². The fraction of sp³-hybridized carbons (Fsp3) is 0.435. The number of hydrogen-bond donors (Lipinski definition) is 0. The molecule has 28 heavy (non-hydrogen) atoms. The molecule has 0 saturated carbocycles. The Balaban J connectivity index is 1.72. The third-order valence-corrected chi connectivity index (χ3v) is 5.70. The lowest BCUT2D eigenvalue weighted by atomic mass is 9.76. The summed E-state index contributed by atoms with van der Waals surface area (Å²) in [4.78, 5) is 0. The predicted molar refractivity (Wildman–Crippen MR) is 112 cm³/mol. The van der Waals surface area contributed by atoms with Gasteiger partial charge in [-0.2, -0.15) is 5.26 Å². The molecule has 0 unspecified atom stereocenters. The maximum absolute atomic E-state index is 9.61. The molecular formula is C23H28BNO3. The summed E-state index contributed by atoms with van der Waals surface area (Å²) in [7, 11) is -0.558. The average Bonchev–Trinajstić information content (AvgIpc) is 2.87. The minimum Gasteiger partial charge on any atom is -0.489 e. The third kappa shape index (κ3) is 4.09. The summed E-state index contributed by atoms with van der Waals surface area (Å²) in [5.41, 5.74) is 2.75. The fourth-order valence-electron chi connectivity index (χ4n) is 3.06. The summed E-state index contributed by atoms with van der Waals surface area (Å²) < 4.78 is 18.1. The third-order valence-electron chi connectivity index (χ3n) is 5.70. The van der Waals surface area contributed by atoms with Crippen LogP contribution in [0.1, 0.15) is 64.2 Å². The maximum Gasteiger partial charge on any atom is 0.496 e. The molecule has 0 spiro atoms. The Labute approximate surface area is 168 Å². The lowest BCUT2D eigenvalue weighted by Gasteiger charge is -2.32. The zero-order chi connectivity index (χ0) is 20.5. The standard InChI is InChI=1S/C23H28BNO3/c1-16(2)18-9-7-17(8-10-18)15-26-20-11-12-21(19(13-20)14-25)24-27-22(3,4)23(5,6)28-24/h7-13,16H,15H2,1-6H3. The van der Waals surface area contributed by atoms with Crippen molar-refractivity contribution in [2.24, 2.45) is 0 Å². The first-order valence-corrected chi connectivity index (χ1v) is 9.74. The van der Waals surface area contributed by atoms with Crippen molar-refractivity contribution in [1.29, 1.82) is 5.26 Å². The second-order valence-corrected chi connectivity index (χ2v) is 8.63. The highest BCUT2D eigenvalue weighted by Gasteiger charge is 2.52. The van der Waals surface area contributed by atoms with Gasteiger partial charge in [-0.25, -0.2) is 0 Å². The first kappa shape index (κ1) is 20.4. The SMILES string of the molecule is CC(C)c1ccc(COc2ccc(B3OC(C)(C)C(C)(C)O3)c(C#N)c2)cc1. The van der Waals surface area contributed by atoms with Gasteiger partial charge >= 0.3 is 7.12 Å². The second kappa shape index (κ2) is 7.62. The average molecular weight is 377 g/mol. The second-order valence-electron chi connectivity index (χ2n) is 8.63. The van der Waals surface area contributed by atoms with Gasteiger partial charge in [0.15, 0.2) is 0 Å². The van der Waals surface area contributed by atoms with Crippen molar-refractivity contribution in [2.45, 2.75) is 65.3 Å². The summed E-state index contributed by atoms with van der Waals surface area (Å²) in [6.07, 6.45) is 0. The summed E-state index contributed by atoms with van der Waals surface area (Å²) >= 11 is 0. The van der Waals surface area contributed by atoms with Crippen molar-refractivity contribution in [1.82, 2.24) is 0 Å². The summed E-state index contributed by atoms with van der Waals surface area (Å²) in [6.45, 7) is 12.8. The van der Waals surface area contributed by atoms with Crippen molar-refractivity contribution >= 4 is 12.6 Å². The van der Waals surface area contributed by atoms with E-state index in [1.165, 1.54) is 5.56 Å². The molecule has 0 aliphatic carbocycles. The molecule has 0 amide bonds. The van der Waals surface area contributed by atoms with Crippen LogP contribution in [0, 0.1) is 11.3 Å². The number of benzene rings is 2. The van der Waals surface area contributed by atoms with E-state index in [2.05, 4.69) is 44.2 Å². The molecular weight excluding hydrogens is 349 g/mol. The van der Waals surface area contributed by atoms with E-state index in [0.717, 1.165) is 11.0 Å². The summed E-state index contributed by atoms with van der Waals surface area (Å²) in [6, 6.07) is 16.1. The summed E-state index contributed by atoms with van der Waals surface area (Å²) in [5.74, 6) is 1.17. The van der Waals surface area contributed by atoms with Crippen LogP contribution in [0.5, 0.6) is 5.75 Å². The molecule has 1 aliphatic rings. The normalized spacial score (nSPS) is 17.6. The molecule has 3 rings (SSSR count). The number of hydrogen-bond acceptors (Lipinski definition) is 4. The van der Waals surface area contributed by atoms with Gasteiger partial charge in [0.1, 0.15) is 12.4 Å². The van der Waals surface area contributed by atoms with Crippen LogP contribution < -0.4 is 10.2 Å². The van der Waals surface area contributed by atoms with Crippen molar-refractivity contribution in [3.05, 3.63) is 59.2 Å². The molecule has 2 aromatic carbocycles. The molecule has 0 bridgehead atoms. The van der Waals surface area contributed by atoms with E-state index in [1.54, 1.807) is 6.07 Å². The Kier molecular flexibility index (Phi) is 5.56. The van der Waals surface area contributed by atoms with E-state index < -0.39 is 18.3 Å². The smallest absolute Gasteiger partial charge is 0.489 e. The topological polar surface area (TPSA) is 51.5 Å². The lowest BCUT2D eigenvalue weighted by Crippen LogP contribution is -2.41. The first-order chi connectivity index (χ1) is 13.1. The predicted octanol–water partition coefficient (Wildman–Crippen LogP) is 4.56. The Morgan fingerprint density at radius 3 is 2.14 bits per heavy atom. The van der Waals surface area contributed by atoms with Gasteiger partial charge in [0.2, 0.25) is 0 Å². The molecule has 1 fully saturated rings. The van der Waals surface area contributed by atoms with Gasteiger partial charge in [-0.1, -0.05) is 44.2 Å². The molecule has 0 radical (unpaired) electrons. The van der Waals surface area contributed by atoms with E-state index in [-0.39, 0.29) is 0 Å². The quantitative estimate of drug-likeness (QED) is 0.717. The first-order valence-electron chi connectivity index (χ1n) is 9.74. The van der Waals surface area contributed by atoms with Crippen LogP contribution in [0.2, 0.25) is 0 Å². The Bertz CT molecular complexity index is 866. The van der Waals surface area contributed by atoms with Crippen molar-refractivity contribution in [2.75, 3.05) is 0 Å². The zero-order valence-electron chi connectivity index (χ0n) is 17.6. The maximum atomic E-state index is 9.61. The minimum absolute atomic E-state index is 0.443. The molecule has 4 nitrogen and oxygen atoms in total. The van der Waals surface area contributed by atoms with Gasteiger partial charge in [0.05, 0.1) is 22.8 Å². The van der Waals surface area contributed by atoms with Crippen LogP contribution in [-0.2, 0) is 15.9 Å². The van der Waals surface area contributed by atoms with Crippen LogP contribution >= 0.6 is 0 Å². The van der Waals surface area contributed by atoms with Gasteiger partial charge in [-0.05, 0) is 56.9 Å². The van der Waals surface area contributed by atoms with Crippen LogP contribution in [-0.4, -0.2) is 18.3 Å². The molecule has 1 saturated heterocycles. The largest absolute Gasteiger partial charge is 0.496 e. The van der Waals surface area contributed by atoms with E-state index in [1.807, 2.05) is 39.8 Å². The van der Waals surface area contributed by atoms with Crippen LogP contribution in [0.15, 0.2) is 42.5 Å². The van der Waals surface area contributed by atoms with E-state index >= 15 is 0 Å². The van der Waals surface area contributed by atoms with E-state index in [4.69, 9.17) is 14.0 Å². The fourth-order valence-corrected chi connectivity index (χ4v) is 3.06. The molecule has 2 aromatic rings. The van der Waals surface area contributed by atoms with Gasteiger partial charge in [0, 0.05) is 5.46 Å². The number of ether oxygens (including phenoxy) is 1. The molecule has 0 N–H and O–H groups in total. The number of rotatable bonds is 5. The zero-order valence-corrected chi connectivity index (χ0v) is 17.6. The Morgan fingerprint density at radius 1 is 1.00 bits per heavy atom. The van der Waals surface area contributed by atoms with E-state index in [0.29, 0.717) is 23.8 Å². The highest BCUT2D eigenvalue weighted by atomic mass is 16.7. The Hall–Kier alpha value is -2.29. The van der Waals surface area contributed by atoms with E-state index in [9.17, 15) is 5.26 Å². The van der Waals surface area contributed by atoms with Crippen molar-refractivity contribution in [3.63, 3.8) is 0 Å². The van der Waals surface area contributed by atoms with Crippen molar-refractivity contribution in [3.8, 4) is 11.8 Å². The molecule has 0 aromatic heterocycles.